The molecule has 1 unspecified atom stereocenters. The van der Waals surface area contributed by atoms with E-state index in [9.17, 15) is 5.11 Å². The molecule has 0 radical (unpaired) electrons. The summed E-state index contributed by atoms with van der Waals surface area (Å²) in [4.78, 5) is 0. The molecule has 0 spiro atoms. The third-order valence-corrected chi connectivity index (χ3v) is 2.12. The summed E-state index contributed by atoms with van der Waals surface area (Å²) in [5, 5.41) is 18.1. The molecule has 0 aliphatic heterocycles. The van der Waals surface area contributed by atoms with Gasteiger partial charge in [-0.1, -0.05) is 24.3 Å². The maximum absolute atomic E-state index is 9.29. The van der Waals surface area contributed by atoms with Crippen LogP contribution >= 0.6 is 0 Å². The van der Waals surface area contributed by atoms with Gasteiger partial charge in [-0.05, 0) is 31.1 Å². The first-order valence-corrected chi connectivity index (χ1v) is 4.50. The Morgan fingerprint density at radius 1 is 1.50 bits per heavy atom. The highest BCUT2D eigenvalue weighted by atomic mass is 16.3. The van der Waals surface area contributed by atoms with E-state index in [-0.39, 0.29) is 0 Å². The van der Waals surface area contributed by atoms with Crippen LogP contribution in [0.2, 0.25) is 0 Å². The van der Waals surface area contributed by atoms with Crippen molar-refractivity contribution in [2.45, 2.75) is 20.0 Å². The molecule has 0 aliphatic rings. The number of hydrogen-bond acceptors (Lipinski definition) is 2. The quantitative estimate of drug-likeness (QED) is 0.772. The Kier molecular flexibility index (Phi) is 3.44. The van der Waals surface area contributed by atoms with Crippen LogP contribution in [0, 0.1) is 11.3 Å². The zero-order valence-electron chi connectivity index (χ0n) is 8.36. The number of rotatable bonds is 2. The number of nitriles is 1. The lowest BCUT2D eigenvalue weighted by Crippen LogP contribution is -2.00. The maximum atomic E-state index is 9.29. The maximum Gasteiger partial charge on any atom is 0.0997 e. The van der Waals surface area contributed by atoms with Gasteiger partial charge in [0.1, 0.15) is 0 Å². The van der Waals surface area contributed by atoms with Crippen LogP contribution in [0.4, 0.5) is 0 Å². The van der Waals surface area contributed by atoms with Crippen LogP contribution in [-0.4, -0.2) is 11.2 Å². The van der Waals surface area contributed by atoms with Gasteiger partial charge in [0.2, 0.25) is 0 Å². The number of nitrogens with zero attached hydrogens (tertiary/aromatic N) is 1. The lowest BCUT2D eigenvalue weighted by Gasteiger charge is -2.04. The first-order chi connectivity index (χ1) is 6.65. The summed E-state index contributed by atoms with van der Waals surface area (Å²) in [6.07, 6.45) is 1.37. The van der Waals surface area contributed by atoms with Crippen molar-refractivity contribution in [2.75, 3.05) is 0 Å². The second-order valence-corrected chi connectivity index (χ2v) is 3.26. The van der Waals surface area contributed by atoms with Crippen LogP contribution in [0.3, 0.4) is 0 Å². The predicted octanol–water partition coefficient (Wildman–Crippen LogP) is 2.34. The van der Waals surface area contributed by atoms with Crippen LogP contribution in [0.1, 0.15) is 25.0 Å². The lowest BCUT2D eigenvalue weighted by atomic mass is 10.0. The molecule has 1 rings (SSSR count). The van der Waals surface area contributed by atoms with Crippen molar-refractivity contribution in [3.63, 3.8) is 0 Å². The first-order valence-electron chi connectivity index (χ1n) is 4.50. The van der Waals surface area contributed by atoms with Gasteiger partial charge in [-0.15, -0.1) is 0 Å². The van der Waals surface area contributed by atoms with Gasteiger partial charge in [0.15, 0.2) is 0 Å². The Balaban J connectivity index is 3.09. The lowest BCUT2D eigenvalue weighted by molar-refractivity contribution is 0.232. The van der Waals surface area contributed by atoms with E-state index in [0.29, 0.717) is 5.56 Å². The van der Waals surface area contributed by atoms with Crippen molar-refractivity contribution in [1.29, 1.82) is 5.26 Å². The average molecular weight is 187 g/mol. The van der Waals surface area contributed by atoms with E-state index in [1.807, 2.05) is 31.2 Å². The Bertz CT molecular complexity index is 386. The minimum absolute atomic E-state index is 0.471. The van der Waals surface area contributed by atoms with Crippen molar-refractivity contribution in [3.8, 4) is 6.07 Å². The van der Waals surface area contributed by atoms with Crippen molar-refractivity contribution >= 4 is 6.08 Å². The highest BCUT2D eigenvalue weighted by Gasteiger charge is 2.01. The summed E-state index contributed by atoms with van der Waals surface area (Å²) in [5.41, 5.74) is 2.34. The second-order valence-electron chi connectivity index (χ2n) is 3.26. The molecule has 2 nitrogen and oxygen atoms in total. The average Bonchev–Trinajstić information content (AvgIpc) is 2.18. The zero-order valence-corrected chi connectivity index (χ0v) is 8.36. The van der Waals surface area contributed by atoms with Crippen molar-refractivity contribution < 1.29 is 5.11 Å². The monoisotopic (exact) mass is 187 g/mol. The molecule has 0 bridgehead atoms. The fourth-order valence-electron chi connectivity index (χ4n) is 1.09. The molecule has 14 heavy (non-hydrogen) atoms. The molecule has 0 saturated carbocycles. The van der Waals surface area contributed by atoms with Crippen LogP contribution in [0.15, 0.2) is 29.8 Å². The van der Waals surface area contributed by atoms with E-state index in [2.05, 4.69) is 6.07 Å². The summed E-state index contributed by atoms with van der Waals surface area (Å²) in [7, 11) is 0. The van der Waals surface area contributed by atoms with Crippen molar-refractivity contribution in [1.82, 2.24) is 0 Å². The Morgan fingerprint density at radius 2 is 2.14 bits per heavy atom. The Morgan fingerprint density at radius 3 is 2.71 bits per heavy atom. The van der Waals surface area contributed by atoms with Crippen LogP contribution < -0.4 is 0 Å². The van der Waals surface area contributed by atoms with E-state index in [1.54, 1.807) is 13.0 Å². The molecule has 72 valence electrons. The van der Waals surface area contributed by atoms with Gasteiger partial charge >= 0.3 is 0 Å². The van der Waals surface area contributed by atoms with Crippen LogP contribution in [0.5, 0.6) is 0 Å². The number of aliphatic hydroxyl groups excluding tert-OH is 1. The molecule has 0 fully saturated rings. The molecule has 0 aromatic heterocycles. The number of aliphatic hydroxyl groups is 1. The molecule has 0 amide bonds. The summed E-state index contributed by atoms with van der Waals surface area (Å²) in [6.45, 7) is 3.56. The van der Waals surface area contributed by atoms with E-state index >= 15 is 0 Å². The molecular formula is C12H13NO. The fourth-order valence-corrected chi connectivity index (χ4v) is 1.09. The van der Waals surface area contributed by atoms with Gasteiger partial charge in [-0.2, -0.15) is 5.26 Å². The molecule has 1 aromatic rings. The van der Waals surface area contributed by atoms with E-state index in [1.165, 1.54) is 0 Å². The van der Waals surface area contributed by atoms with Gasteiger partial charge in [-0.3, -0.25) is 0 Å². The molecule has 1 aromatic carbocycles. The molecule has 1 atom stereocenters. The SMILES string of the molecule is C/C(=C\c1ccccc1C#N)C(C)O. The summed E-state index contributed by atoms with van der Waals surface area (Å²) >= 11 is 0. The van der Waals surface area contributed by atoms with E-state index in [4.69, 9.17) is 5.26 Å². The summed E-state index contributed by atoms with van der Waals surface area (Å²) < 4.78 is 0. The molecule has 2 heteroatoms. The highest BCUT2D eigenvalue weighted by molar-refractivity contribution is 5.60. The third kappa shape index (κ3) is 2.45. The normalized spacial score (nSPS) is 13.4. The van der Waals surface area contributed by atoms with E-state index in [0.717, 1.165) is 11.1 Å². The smallest absolute Gasteiger partial charge is 0.0997 e. The molecule has 0 aliphatic carbocycles. The Hall–Kier alpha value is -1.59. The molecule has 0 heterocycles. The van der Waals surface area contributed by atoms with Crippen molar-refractivity contribution in [2.24, 2.45) is 0 Å². The zero-order chi connectivity index (χ0) is 10.6. The highest BCUT2D eigenvalue weighted by Crippen LogP contribution is 2.13. The van der Waals surface area contributed by atoms with Gasteiger partial charge in [-0.25, -0.2) is 0 Å². The summed E-state index contributed by atoms with van der Waals surface area (Å²) in [6, 6.07) is 9.45. The minimum Gasteiger partial charge on any atom is -0.389 e. The fraction of sp³-hybridized carbons (Fsp3) is 0.250. The van der Waals surface area contributed by atoms with Crippen LogP contribution in [-0.2, 0) is 0 Å². The van der Waals surface area contributed by atoms with E-state index < -0.39 is 6.10 Å². The van der Waals surface area contributed by atoms with Gasteiger partial charge in [0.05, 0.1) is 17.7 Å². The second kappa shape index (κ2) is 4.59. The first kappa shape index (κ1) is 10.5. The van der Waals surface area contributed by atoms with Gasteiger partial charge in [0, 0.05) is 0 Å². The van der Waals surface area contributed by atoms with Crippen LogP contribution in [0.25, 0.3) is 6.08 Å². The predicted molar refractivity (Wildman–Crippen MR) is 56.5 cm³/mol. The minimum atomic E-state index is -0.471. The van der Waals surface area contributed by atoms with Crippen molar-refractivity contribution in [3.05, 3.63) is 41.0 Å². The third-order valence-electron chi connectivity index (χ3n) is 2.12. The van der Waals surface area contributed by atoms with Gasteiger partial charge < -0.3 is 5.11 Å². The molecular weight excluding hydrogens is 174 g/mol. The largest absolute Gasteiger partial charge is 0.389 e. The Labute approximate surface area is 84.1 Å². The standard InChI is InChI=1S/C12H13NO/c1-9(10(2)14)7-11-5-3-4-6-12(11)8-13/h3-7,10,14H,1-2H3/b9-7+. The topological polar surface area (TPSA) is 44.0 Å². The molecule has 1 N–H and O–H groups in total. The number of benzene rings is 1. The summed E-state index contributed by atoms with van der Waals surface area (Å²) in [5.74, 6) is 0. The number of hydrogen-bond donors (Lipinski definition) is 1. The molecule has 0 saturated heterocycles. The van der Waals surface area contributed by atoms with Gasteiger partial charge in [0.25, 0.3) is 0 Å².